The Bertz CT molecular complexity index is 140. The highest BCUT2D eigenvalue weighted by molar-refractivity contribution is 4.48. The SMILES string of the molecule is [CH2][CH]OCCOCCOCCOCCOCCOC. The highest BCUT2D eigenvalue weighted by Crippen LogP contribution is 1.84. The van der Waals surface area contributed by atoms with Crippen LogP contribution in [0.1, 0.15) is 0 Å². The lowest BCUT2D eigenvalue weighted by Gasteiger charge is -2.07. The van der Waals surface area contributed by atoms with E-state index < -0.39 is 0 Å². The summed E-state index contributed by atoms with van der Waals surface area (Å²) in [6.07, 6.45) is 0. The summed E-state index contributed by atoms with van der Waals surface area (Å²) >= 11 is 0. The molecule has 0 aromatic rings. The average molecular weight is 278 g/mol. The Kier molecular flexibility index (Phi) is 17.5. The number of rotatable bonds is 16. The molecule has 0 aromatic carbocycles. The summed E-state index contributed by atoms with van der Waals surface area (Å²) in [5, 5.41) is 0. The summed E-state index contributed by atoms with van der Waals surface area (Å²) in [5.41, 5.74) is 0. The minimum absolute atomic E-state index is 0.523. The fourth-order valence-electron chi connectivity index (χ4n) is 1.09. The average Bonchev–Trinajstić information content (AvgIpc) is 2.43. The molecule has 0 spiro atoms. The maximum Gasteiger partial charge on any atom is 0.0838 e. The summed E-state index contributed by atoms with van der Waals surface area (Å²) in [5.74, 6) is 0. The number of hydrogen-bond donors (Lipinski definition) is 0. The molecule has 0 unspecified atom stereocenters. The molecule has 0 rings (SSSR count). The molecule has 0 saturated carbocycles. The fraction of sp³-hybridized carbons (Fsp3) is 0.846. The van der Waals surface area contributed by atoms with Crippen LogP contribution in [-0.4, -0.2) is 73.2 Å². The van der Waals surface area contributed by atoms with Crippen LogP contribution in [0.4, 0.5) is 0 Å². The molecule has 0 aliphatic rings. The van der Waals surface area contributed by atoms with Crippen molar-refractivity contribution in [1.29, 1.82) is 0 Å². The van der Waals surface area contributed by atoms with Crippen molar-refractivity contribution in [3.63, 3.8) is 0 Å². The van der Waals surface area contributed by atoms with Crippen molar-refractivity contribution in [1.82, 2.24) is 0 Å². The molecule has 0 atom stereocenters. The Morgan fingerprint density at radius 3 is 1.37 bits per heavy atom. The molecule has 0 amide bonds. The lowest BCUT2D eigenvalue weighted by Crippen LogP contribution is -2.13. The van der Waals surface area contributed by atoms with Crippen molar-refractivity contribution in [2.24, 2.45) is 0 Å². The lowest BCUT2D eigenvalue weighted by molar-refractivity contribution is -0.0117. The van der Waals surface area contributed by atoms with Gasteiger partial charge in [-0.3, -0.25) is 0 Å². The minimum Gasteiger partial charge on any atom is -0.382 e. The van der Waals surface area contributed by atoms with Gasteiger partial charge in [0.2, 0.25) is 0 Å². The monoisotopic (exact) mass is 278 g/mol. The van der Waals surface area contributed by atoms with Crippen LogP contribution in [-0.2, 0) is 28.4 Å². The van der Waals surface area contributed by atoms with Crippen molar-refractivity contribution >= 4 is 0 Å². The van der Waals surface area contributed by atoms with E-state index >= 15 is 0 Å². The quantitative estimate of drug-likeness (QED) is 0.388. The van der Waals surface area contributed by atoms with Gasteiger partial charge < -0.3 is 28.4 Å². The molecule has 0 N–H and O–H groups in total. The molecule has 0 saturated heterocycles. The van der Waals surface area contributed by atoms with Crippen LogP contribution in [0.25, 0.3) is 0 Å². The predicted molar refractivity (Wildman–Crippen MR) is 70.8 cm³/mol. The molecule has 6 nitrogen and oxygen atoms in total. The van der Waals surface area contributed by atoms with E-state index in [0.29, 0.717) is 66.1 Å². The first-order valence-electron chi connectivity index (χ1n) is 6.44. The molecule has 0 aliphatic carbocycles. The van der Waals surface area contributed by atoms with Crippen LogP contribution in [0.3, 0.4) is 0 Å². The number of methoxy groups -OCH3 is 1. The Labute approximate surface area is 116 Å². The molecule has 0 aliphatic heterocycles. The largest absolute Gasteiger partial charge is 0.382 e. The summed E-state index contributed by atoms with van der Waals surface area (Å²) in [7, 11) is 1.65. The van der Waals surface area contributed by atoms with Gasteiger partial charge in [-0.25, -0.2) is 0 Å². The summed E-state index contributed by atoms with van der Waals surface area (Å²) in [4.78, 5) is 0. The number of ether oxygens (including phenoxy) is 6. The van der Waals surface area contributed by atoms with Crippen LogP contribution >= 0.6 is 0 Å². The molecule has 0 bridgehead atoms. The first kappa shape index (κ1) is 18.8. The first-order valence-corrected chi connectivity index (χ1v) is 6.44. The molecule has 114 valence electrons. The topological polar surface area (TPSA) is 55.4 Å². The summed E-state index contributed by atoms with van der Waals surface area (Å²) in [6, 6.07) is 0. The Morgan fingerprint density at radius 2 is 1.00 bits per heavy atom. The molecule has 0 heterocycles. The second kappa shape index (κ2) is 17.8. The van der Waals surface area contributed by atoms with Crippen molar-refractivity contribution in [2.45, 2.75) is 0 Å². The second-order valence-corrected chi connectivity index (χ2v) is 3.48. The molecular formula is C13H26O6. The van der Waals surface area contributed by atoms with Crippen molar-refractivity contribution in [3.05, 3.63) is 13.5 Å². The zero-order valence-corrected chi connectivity index (χ0v) is 11.8. The minimum atomic E-state index is 0.523. The predicted octanol–water partition coefficient (Wildman–Crippen LogP) is 0.712. The standard InChI is InChI=1S/C13H26O6/c1-3-15-6-7-17-10-11-19-13-12-18-9-8-16-5-4-14-2/h3H,1,4-13H2,2H3. The third kappa shape index (κ3) is 17.8. The molecule has 2 radical (unpaired) electrons. The Hall–Kier alpha value is -0.240. The van der Waals surface area contributed by atoms with Gasteiger partial charge in [0.15, 0.2) is 0 Å². The van der Waals surface area contributed by atoms with Gasteiger partial charge in [0.25, 0.3) is 0 Å². The normalized spacial score (nSPS) is 11.1. The van der Waals surface area contributed by atoms with Gasteiger partial charge in [0, 0.05) is 7.11 Å². The van der Waals surface area contributed by atoms with E-state index in [0.717, 1.165) is 0 Å². The third-order valence-corrected chi connectivity index (χ3v) is 2.01. The van der Waals surface area contributed by atoms with Gasteiger partial charge in [0.05, 0.1) is 72.7 Å². The van der Waals surface area contributed by atoms with Crippen LogP contribution in [0, 0.1) is 13.5 Å². The van der Waals surface area contributed by atoms with Gasteiger partial charge in [-0.2, -0.15) is 0 Å². The van der Waals surface area contributed by atoms with E-state index in [2.05, 4.69) is 6.92 Å². The third-order valence-electron chi connectivity index (χ3n) is 2.01. The summed E-state index contributed by atoms with van der Waals surface area (Å²) in [6.45, 7) is 10.5. The molecule has 0 aromatic heterocycles. The van der Waals surface area contributed by atoms with Gasteiger partial charge >= 0.3 is 0 Å². The van der Waals surface area contributed by atoms with E-state index in [1.807, 2.05) is 0 Å². The zero-order chi connectivity index (χ0) is 14.0. The van der Waals surface area contributed by atoms with Crippen LogP contribution in [0.2, 0.25) is 0 Å². The van der Waals surface area contributed by atoms with E-state index in [4.69, 9.17) is 28.4 Å². The van der Waals surface area contributed by atoms with Crippen LogP contribution in [0.15, 0.2) is 0 Å². The molecule has 19 heavy (non-hydrogen) atoms. The van der Waals surface area contributed by atoms with Crippen LogP contribution in [0.5, 0.6) is 0 Å². The van der Waals surface area contributed by atoms with Crippen LogP contribution < -0.4 is 0 Å². The van der Waals surface area contributed by atoms with Crippen molar-refractivity contribution in [2.75, 3.05) is 73.2 Å². The van der Waals surface area contributed by atoms with Gasteiger partial charge in [-0.05, 0) is 6.92 Å². The highest BCUT2D eigenvalue weighted by atomic mass is 16.6. The van der Waals surface area contributed by atoms with Crippen molar-refractivity contribution < 1.29 is 28.4 Å². The maximum atomic E-state index is 5.31. The lowest BCUT2D eigenvalue weighted by atomic mass is 10.7. The van der Waals surface area contributed by atoms with E-state index in [1.165, 1.54) is 6.61 Å². The Morgan fingerprint density at radius 1 is 0.632 bits per heavy atom. The zero-order valence-electron chi connectivity index (χ0n) is 11.8. The molecular weight excluding hydrogens is 252 g/mol. The maximum absolute atomic E-state index is 5.31. The Balaban J connectivity index is 2.88. The second-order valence-electron chi connectivity index (χ2n) is 3.48. The fourth-order valence-corrected chi connectivity index (χ4v) is 1.09. The molecule has 0 fully saturated rings. The summed E-state index contributed by atoms with van der Waals surface area (Å²) < 4.78 is 30.9. The van der Waals surface area contributed by atoms with E-state index in [1.54, 1.807) is 7.11 Å². The smallest absolute Gasteiger partial charge is 0.0838 e. The van der Waals surface area contributed by atoms with Gasteiger partial charge in [-0.1, -0.05) is 0 Å². The van der Waals surface area contributed by atoms with E-state index in [9.17, 15) is 0 Å². The number of hydrogen-bond acceptors (Lipinski definition) is 6. The van der Waals surface area contributed by atoms with Gasteiger partial charge in [-0.15, -0.1) is 0 Å². The van der Waals surface area contributed by atoms with E-state index in [-0.39, 0.29) is 0 Å². The van der Waals surface area contributed by atoms with Crippen molar-refractivity contribution in [3.8, 4) is 0 Å². The highest BCUT2D eigenvalue weighted by Gasteiger charge is 1.92. The molecule has 6 heteroatoms. The van der Waals surface area contributed by atoms with Gasteiger partial charge in [0.1, 0.15) is 0 Å². The first-order chi connectivity index (χ1) is 9.41.